The Balaban J connectivity index is 1.70. The molecule has 2 fully saturated rings. The maximum absolute atomic E-state index is 11.4. The molecule has 5 heteroatoms. The van der Waals surface area contributed by atoms with Gasteiger partial charge < -0.3 is 4.18 Å². The van der Waals surface area contributed by atoms with Gasteiger partial charge in [0, 0.05) is 0 Å². The van der Waals surface area contributed by atoms with Crippen molar-refractivity contribution in [3.05, 3.63) is 28.8 Å². The van der Waals surface area contributed by atoms with Crippen molar-refractivity contribution in [3.8, 4) is 5.75 Å². The molecule has 0 saturated heterocycles. The smallest absolute Gasteiger partial charge is 0.371 e. The molecule has 1 aromatic rings. The Bertz CT molecular complexity index is 819. The molecule has 2 saturated carbocycles. The van der Waals surface area contributed by atoms with Crippen molar-refractivity contribution in [1.82, 2.24) is 0 Å². The van der Waals surface area contributed by atoms with Crippen molar-refractivity contribution in [2.75, 3.05) is 0 Å². The van der Waals surface area contributed by atoms with Gasteiger partial charge in [-0.15, -0.1) is 0 Å². The molecule has 1 aromatic carbocycles. The number of rotatable bonds is 3. The van der Waals surface area contributed by atoms with E-state index < -0.39 is 10.3 Å². The van der Waals surface area contributed by atoms with Gasteiger partial charge in [-0.25, -0.2) is 0 Å². The highest BCUT2D eigenvalue weighted by Crippen LogP contribution is 2.63. The van der Waals surface area contributed by atoms with E-state index >= 15 is 0 Å². The van der Waals surface area contributed by atoms with Crippen LogP contribution in [0.25, 0.3) is 0 Å². The zero-order valence-corrected chi connectivity index (χ0v) is 16.9. The van der Waals surface area contributed by atoms with Gasteiger partial charge in [0.25, 0.3) is 0 Å². The molecule has 0 spiro atoms. The molecule has 0 amide bonds. The summed E-state index contributed by atoms with van der Waals surface area (Å²) in [5.74, 6) is 3.50. The van der Waals surface area contributed by atoms with Crippen LogP contribution in [0.5, 0.6) is 5.75 Å². The molecule has 0 aromatic heterocycles. The van der Waals surface area contributed by atoms with Gasteiger partial charge in [0.15, 0.2) is 0 Å². The molecule has 3 aliphatic rings. The van der Waals surface area contributed by atoms with Crippen molar-refractivity contribution in [2.24, 2.45) is 28.3 Å². The summed E-state index contributed by atoms with van der Waals surface area (Å²) in [5.41, 5.74) is 4.17. The molecule has 4 rings (SSSR count). The van der Waals surface area contributed by atoms with Crippen molar-refractivity contribution in [1.29, 1.82) is 0 Å². The maximum atomic E-state index is 11.4. The van der Waals surface area contributed by atoms with Gasteiger partial charge in [-0.1, -0.05) is 26.8 Å². The average Bonchev–Trinajstić information content (AvgIpc) is 2.88. The number of hydrogen-bond acceptors (Lipinski definition) is 3. The standard InChI is InChI=1S/C21H31NO3S/c1-4-14-11-18-15(12-20(14)25-26(22,23)24)6-7-17-16(18)9-10-21(3)13(2)5-8-19(17)21/h11-13,16-17,19H,4-10H2,1-3H3,(H2,22,23,24)/t13-,16-,17+,19-,21+/m0/s1. The minimum atomic E-state index is -3.99. The van der Waals surface area contributed by atoms with Crippen LogP contribution in [0.15, 0.2) is 12.1 Å². The predicted octanol–water partition coefficient (Wildman–Crippen LogP) is 4.32. The predicted molar refractivity (Wildman–Crippen MR) is 103 cm³/mol. The van der Waals surface area contributed by atoms with E-state index in [0.29, 0.717) is 17.1 Å². The van der Waals surface area contributed by atoms with Gasteiger partial charge in [0.2, 0.25) is 0 Å². The van der Waals surface area contributed by atoms with E-state index in [1.54, 1.807) is 0 Å². The van der Waals surface area contributed by atoms with Crippen LogP contribution >= 0.6 is 0 Å². The third kappa shape index (κ3) is 2.88. The normalized spacial score (nSPS) is 36.2. The Morgan fingerprint density at radius 2 is 2.00 bits per heavy atom. The van der Waals surface area contributed by atoms with Crippen molar-refractivity contribution < 1.29 is 12.6 Å². The lowest BCUT2D eigenvalue weighted by Crippen LogP contribution is -2.41. The average molecular weight is 378 g/mol. The van der Waals surface area contributed by atoms with Crippen molar-refractivity contribution >= 4 is 10.3 Å². The largest absolute Gasteiger partial charge is 0.380 e. The van der Waals surface area contributed by atoms with Gasteiger partial charge in [0.1, 0.15) is 5.75 Å². The summed E-state index contributed by atoms with van der Waals surface area (Å²) < 4.78 is 27.9. The van der Waals surface area contributed by atoms with Crippen molar-refractivity contribution in [3.63, 3.8) is 0 Å². The van der Waals surface area contributed by atoms with Gasteiger partial charge in [-0.3, -0.25) is 0 Å². The fourth-order valence-electron chi connectivity index (χ4n) is 6.39. The summed E-state index contributed by atoms with van der Waals surface area (Å²) in [6, 6.07) is 4.16. The van der Waals surface area contributed by atoms with Crippen LogP contribution in [0.3, 0.4) is 0 Å². The summed E-state index contributed by atoms with van der Waals surface area (Å²) in [7, 11) is -3.99. The van der Waals surface area contributed by atoms with E-state index in [1.807, 2.05) is 13.0 Å². The van der Waals surface area contributed by atoms with Crippen LogP contribution in [-0.2, 0) is 23.1 Å². The monoisotopic (exact) mass is 377 g/mol. The Kier molecular flexibility index (Phi) is 4.39. The first-order chi connectivity index (χ1) is 12.2. The summed E-state index contributed by atoms with van der Waals surface area (Å²) in [6.07, 6.45) is 8.30. The van der Waals surface area contributed by atoms with E-state index in [0.717, 1.165) is 36.2 Å². The van der Waals surface area contributed by atoms with Crippen LogP contribution in [0.4, 0.5) is 0 Å². The molecule has 2 N–H and O–H groups in total. The molecule has 4 nitrogen and oxygen atoms in total. The molecular weight excluding hydrogens is 346 g/mol. The molecule has 0 heterocycles. The third-order valence-electron chi connectivity index (χ3n) is 7.97. The van der Waals surface area contributed by atoms with E-state index in [-0.39, 0.29) is 0 Å². The quantitative estimate of drug-likeness (QED) is 0.853. The van der Waals surface area contributed by atoms with E-state index in [4.69, 9.17) is 9.32 Å². The van der Waals surface area contributed by atoms with Crippen LogP contribution in [0.2, 0.25) is 0 Å². The van der Waals surface area contributed by atoms with Crippen molar-refractivity contribution in [2.45, 2.75) is 71.6 Å². The molecule has 0 unspecified atom stereocenters. The molecule has 0 radical (unpaired) electrons. The first kappa shape index (κ1) is 18.3. The zero-order valence-electron chi connectivity index (χ0n) is 16.1. The van der Waals surface area contributed by atoms with Crippen LogP contribution < -0.4 is 9.32 Å². The zero-order chi connectivity index (χ0) is 18.7. The lowest BCUT2D eigenvalue weighted by Gasteiger charge is -2.50. The second-order valence-corrected chi connectivity index (χ2v) is 10.2. The minimum absolute atomic E-state index is 0.419. The van der Waals surface area contributed by atoms with Crippen LogP contribution in [0, 0.1) is 23.2 Å². The molecule has 0 aliphatic heterocycles. The Morgan fingerprint density at radius 1 is 1.23 bits per heavy atom. The van der Waals surface area contributed by atoms with E-state index in [1.165, 1.54) is 43.2 Å². The van der Waals surface area contributed by atoms with Gasteiger partial charge >= 0.3 is 10.3 Å². The fourth-order valence-corrected chi connectivity index (χ4v) is 6.79. The Hall–Kier alpha value is -1.07. The topological polar surface area (TPSA) is 69.4 Å². The second-order valence-electron chi connectivity index (χ2n) is 9.03. The highest BCUT2D eigenvalue weighted by Gasteiger charge is 2.53. The molecule has 3 aliphatic carbocycles. The van der Waals surface area contributed by atoms with Gasteiger partial charge in [-0.2, -0.15) is 13.6 Å². The molecule has 26 heavy (non-hydrogen) atoms. The van der Waals surface area contributed by atoms with Crippen LogP contribution in [0.1, 0.15) is 75.5 Å². The maximum Gasteiger partial charge on any atom is 0.380 e. The number of benzene rings is 1. The lowest BCUT2D eigenvalue weighted by atomic mass is 9.54. The summed E-state index contributed by atoms with van der Waals surface area (Å²) >= 11 is 0. The Morgan fingerprint density at radius 3 is 2.69 bits per heavy atom. The fraction of sp³-hybridized carbons (Fsp3) is 0.714. The molecule has 144 valence electrons. The van der Waals surface area contributed by atoms with Gasteiger partial charge in [0.05, 0.1) is 0 Å². The molecule has 0 bridgehead atoms. The van der Waals surface area contributed by atoms with Gasteiger partial charge in [-0.05, 0) is 96.8 Å². The number of hydrogen-bond donors (Lipinski definition) is 1. The second kappa shape index (κ2) is 6.23. The summed E-state index contributed by atoms with van der Waals surface area (Å²) in [4.78, 5) is 0. The highest BCUT2D eigenvalue weighted by molar-refractivity contribution is 7.84. The number of fused-ring (bicyclic) bond motifs is 5. The van der Waals surface area contributed by atoms with Crippen LogP contribution in [-0.4, -0.2) is 8.42 Å². The van der Waals surface area contributed by atoms with E-state index in [2.05, 4.69) is 19.9 Å². The van der Waals surface area contributed by atoms with E-state index in [9.17, 15) is 8.42 Å². The SMILES string of the molecule is CCc1cc2c(cc1OS(N)(=O)=O)CC[C@@H]1[C@@H]2CC[C@]2(C)[C@@H](C)CC[C@@H]12. The first-order valence-electron chi connectivity index (χ1n) is 10.1. The third-order valence-corrected chi connectivity index (χ3v) is 8.38. The molecule has 5 atom stereocenters. The molecular formula is C21H31NO3S. The Labute approximate surface area is 157 Å². The number of nitrogens with two attached hydrogens (primary N) is 1. The summed E-state index contributed by atoms with van der Waals surface area (Å²) in [6.45, 7) is 7.01. The lowest BCUT2D eigenvalue weighted by molar-refractivity contribution is 0.0336. The minimum Gasteiger partial charge on any atom is -0.371 e. The highest BCUT2D eigenvalue weighted by atomic mass is 32.2. The first-order valence-corrected chi connectivity index (χ1v) is 11.6. The number of aryl methyl sites for hydroxylation is 2. The summed E-state index contributed by atoms with van der Waals surface area (Å²) in [5, 5.41) is 5.11.